The van der Waals surface area contributed by atoms with Gasteiger partial charge in [-0.05, 0) is 36.5 Å². The molecule has 0 amide bonds. The van der Waals surface area contributed by atoms with Crippen molar-refractivity contribution in [2.45, 2.75) is 25.2 Å². The molecule has 70 valence electrons. The molecule has 0 aliphatic heterocycles. The van der Waals surface area contributed by atoms with Gasteiger partial charge in [-0.25, -0.2) is 0 Å². The van der Waals surface area contributed by atoms with Crippen LogP contribution in [0.3, 0.4) is 0 Å². The molecule has 2 heteroatoms. The molecule has 0 unspecified atom stereocenters. The molecular weight excluding hydrogens is 162 g/mol. The van der Waals surface area contributed by atoms with Gasteiger partial charge in [0.15, 0.2) is 0 Å². The van der Waals surface area contributed by atoms with Crippen molar-refractivity contribution in [3.05, 3.63) is 23.8 Å². The van der Waals surface area contributed by atoms with E-state index in [0.717, 1.165) is 17.4 Å². The van der Waals surface area contributed by atoms with Crippen LogP contribution >= 0.6 is 0 Å². The quantitative estimate of drug-likeness (QED) is 0.704. The molecule has 2 rings (SSSR count). The van der Waals surface area contributed by atoms with Gasteiger partial charge < -0.3 is 10.5 Å². The molecule has 2 N–H and O–H groups in total. The van der Waals surface area contributed by atoms with Crippen molar-refractivity contribution >= 4 is 5.69 Å². The smallest absolute Gasteiger partial charge is 0.141 e. The number of nitrogen functional groups attached to an aromatic ring is 1. The summed E-state index contributed by atoms with van der Waals surface area (Å²) in [6, 6.07) is 6.13. The lowest BCUT2D eigenvalue weighted by Crippen LogP contribution is -2.09. The van der Waals surface area contributed by atoms with E-state index in [2.05, 4.69) is 6.07 Å². The van der Waals surface area contributed by atoms with E-state index < -0.39 is 0 Å². The Kier molecular flexibility index (Phi) is 2.13. The maximum atomic E-state index is 5.82. The van der Waals surface area contributed by atoms with Gasteiger partial charge in [0.25, 0.3) is 0 Å². The molecule has 13 heavy (non-hydrogen) atoms. The topological polar surface area (TPSA) is 35.2 Å². The van der Waals surface area contributed by atoms with Gasteiger partial charge in [-0.3, -0.25) is 0 Å². The van der Waals surface area contributed by atoms with E-state index in [0.29, 0.717) is 0 Å². The Labute approximate surface area is 78.7 Å². The second-order valence-electron chi connectivity index (χ2n) is 3.63. The molecule has 0 saturated heterocycles. The third kappa shape index (κ3) is 1.48. The number of nitrogens with two attached hydrogens (primary N) is 1. The van der Waals surface area contributed by atoms with E-state index in [1.54, 1.807) is 7.11 Å². The molecule has 0 aromatic heterocycles. The summed E-state index contributed by atoms with van der Waals surface area (Å²) in [5, 5.41) is 0. The number of methoxy groups -OCH3 is 1. The van der Waals surface area contributed by atoms with E-state index in [1.807, 2.05) is 12.1 Å². The number of anilines is 1. The van der Waals surface area contributed by atoms with Crippen LogP contribution in [0.1, 0.15) is 30.7 Å². The Morgan fingerprint density at radius 1 is 1.38 bits per heavy atom. The number of benzene rings is 1. The summed E-state index contributed by atoms with van der Waals surface area (Å²) in [5.74, 6) is 1.52. The predicted octanol–water partition coefficient (Wildman–Crippen LogP) is 2.54. The second kappa shape index (κ2) is 3.29. The first-order chi connectivity index (χ1) is 6.31. The Bertz CT molecular complexity index is 305. The summed E-state index contributed by atoms with van der Waals surface area (Å²) in [7, 11) is 1.65. The fourth-order valence-electron chi connectivity index (χ4n) is 1.75. The SMILES string of the molecule is COc1ccc(C2CCC2)cc1N. The first kappa shape index (κ1) is 8.42. The van der Waals surface area contributed by atoms with E-state index in [4.69, 9.17) is 10.5 Å². The fraction of sp³-hybridized carbons (Fsp3) is 0.455. The zero-order chi connectivity index (χ0) is 9.26. The van der Waals surface area contributed by atoms with Crippen LogP contribution in [-0.4, -0.2) is 7.11 Å². The molecule has 0 bridgehead atoms. The van der Waals surface area contributed by atoms with Gasteiger partial charge in [-0.1, -0.05) is 12.5 Å². The third-order valence-corrected chi connectivity index (χ3v) is 2.83. The normalized spacial score (nSPS) is 16.7. The lowest BCUT2D eigenvalue weighted by atomic mass is 9.80. The molecule has 0 radical (unpaired) electrons. The van der Waals surface area contributed by atoms with Crippen molar-refractivity contribution in [2.75, 3.05) is 12.8 Å². The van der Waals surface area contributed by atoms with Crippen molar-refractivity contribution in [2.24, 2.45) is 0 Å². The van der Waals surface area contributed by atoms with Gasteiger partial charge in [0.05, 0.1) is 12.8 Å². The largest absolute Gasteiger partial charge is 0.495 e. The van der Waals surface area contributed by atoms with Crippen molar-refractivity contribution in [1.29, 1.82) is 0 Å². The van der Waals surface area contributed by atoms with Crippen LogP contribution in [0, 0.1) is 0 Å². The average Bonchev–Trinajstić information content (AvgIpc) is 2.01. The number of rotatable bonds is 2. The van der Waals surface area contributed by atoms with Crippen molar-refractivity contribution < 1.29 is 4.74 Å². The summed E-state index contributed by atoms with van der Waals surface area (Å²) in [6.07, 6.45) is 3.98. The zero-order valence-corrected chi connectivity index (χ0v) is 7.92. The zero-order valence-electron chi connectivity index (χ0n) is 7.92. The van der Waals surface area contributed by atoms with Gasteiger partial charge >= 0.3 is 0 Å². The Morgan fingerprint density at radius 3 is 2.62 bits per heavy atom. The predicted molar refractivity (Wildman–Crippen MR) is 54.0 cm³/mol. The van der Waals surface area contributed by atoms with Crippen LogP contribution in [0.2, 0.25) is 0 Å². The molecule has 0 atom stereocenters. The molecule has 2 nitrogen and oxygen atoms in total. The standard InChI is InChI=1S/C11H15NO/c1-13-11-6-5-9(7-10(11)12)8-3-2-4-8/h5-8H,2-4,12H2,1H3. The van der Waals surface area contributed by atoms with Crippen LogP contribution in [0.5, 0.6) is 5.75 Å². The van der Waals surface area contributed by atoms with Crippen molar-refractivity contribution in [3.63, 3.8) is 0 Å². The van der Waals surface area contributed by atoms with Gasteiger partial charge in [0.2, 0.25) is 0 Å². The minimum Gasteiger partial charge on any atom is -0.495 e. The summed E-state index contributed by atoms with van der Waals surface area (Å²) >= 11 is 0. The highest BCUT2D eigenvalue weighted by atomic mass is 16.5. The molecule has 0 heterocycles. The van der Waals surface area contributed by atoms with E-state index in [-0.39, 0.29) is 0 Å². The Hall–Kier alpha value is -1.18. The third-order valence-electron chi connectivity index (χ3n) is 2.83. The highest BCUT2D eigenvalue weighted by molar-refractivity contribution is 5.54. The van der Waals surface area contributed by atoms with Gasteiger partial charge in [0, 0.05) is 0 Å². The monoisotopic (exact) mass is 177 g/mol. The molecule has 1 fully saturated rings. The van der Waals surface area contributed by atoms with E-state index in [9.17, 15) is 0 Å². The van der Waals surface area contributed by atoms with Gasteiger partial charge in [0.1, 0.15) is 5.75 Å². The molecule has 1 aromatic carbocycles. The maximum absolute atomic E-state index is 5.82. The number of ether oxygens (including phenoxy) is 1. The maximum Gasteiger partial charge on any atom is 0.141 e. The van der Waals surface area contributed by atoms with Crippen LogP contribution < -0.4 is 10.5 Å². The fourth-order valence-corrected chi connectivity index (χ4v) is 1.75. The molecule has 1 saturated carbocycles. The minimum atomic E-state index is 0.744. The molecular formula is C11H15NO. The second-order valence-corrected chi connectivity index (χ2v) is 3.63. The van der Waals surface area contributed by atoms with Crippen LogP contribution in [0.4, 0.5) is 5.69 Å². The Balaban J connectivity index is 2.24. The first-order valence-corrected chi connectivity index (χ1v) is 4.74. The highest BCUT2D eigenvalue weighted by Gasteiger charge is 2.19. The van der Waals surface area contributed by atoms with Crippen molar-refractivity contribution in [1.82, 2.24) is 0 Å². The number of hydrogen-bond donors (Lipinski definition) is 1. The van der Waals surface area contributed by atoms with E-state index in [1.165, 1.54) is 24.8 Å². The average molecular weight is 177 g/mol. The van der Waals surface area contributed by atoms with Crippen LogP contribution in [0.15, 0.2) is 18.2 Å². The highest BCUT2D eigenvalue weighted by Crippen LogP contribution is 2.38. The molecule has 1 aliphatic rings. The molecule has 1 aliphatic carbocycles. The lowest BCUT2D eigenvalue weighted by molar-refractivity contribution is 0.410. The summed E-state index contributed by atoms with van der Waals surface area (Å²) in [6.45, 7) is 0. The summed E-state index contributed by atoms with van der Waals surface area (Å²) in [4.78, 5) is 0. The first-order valence-electron chi connectivity index (χ1n) is 4.74. The van der Waals surface area contributed by atoms with Gasteiger partial charge in [-0.2, -0.15) is 0 Å². The summed E-state index contributed by atoms with van der Waals surface area (Å²) in [5.41, 5.74) is 7.95. The van der Waals surface area contributed by atoms with E-state index >= 15 is 0 Å². The minimum absolute atomic E-state index is 0.744. The van der Waals surface area contributed by atoms with Gasteiger partial charge in [-0.15, -0.1) is 0 Å². The Morgan fingerprint density at radius 2 is 2.15 bits per heavy atom. The van der Waals surface area contributed by atoms with Crippen LogP contribution in [-0.2, 0) is 0 Å². The number of hydrogen-bond acceptors (Lipinski definition) is 2. The summed E-state index contributed by atoms with van der Waals surface area (Å²) < 4.78 is 5.11. The van der Waals surface area contributed by atoms with Crippen molar-refractivity contribution in [3.8, 4) is 5.75 Å². The molecule has 1 aromatic rings. The molecule has 0 spiro atoms. The van der Waals surface area contributed by atoms with Crippen LogP contribution in [0.25, 0.3) is 0 Å². The lowest BCUT2D eigenvalue weighted by Gasteiger charge is -2.26.